The van der Waals surface area contributed by atoms with Gasteiger partial charge < -0.3 is 19.6 Å². The van der Waals surface area contributed by atoms with Crippen molar-refractivity contribution >= 4 is 28.2 Å². The van der Waals surface area contributed by atoms with Crippen molar-refractivity contribution in [3.05, 3.63) is 114 Å². The summed E-state index contributed by atoms with van der Waals surface area (Å²) in [5, 5.41) is 14.5. The molecule has 0 radical (unpaired) electrons. The monoisotopic (exact) mass is 464 g/mol. The Kier molecular flexibility index (Phi) is 6.58. The fourth-order valence-electron chi connectivity index (χ4n) is 4.85. The van der Waals surface area contributed by atoms with E-state index in [0.29, 0.717) is 0 Å². The summed E-state index contributed by atoms with van der Waals surface area (Å²) in [5.41, 5.74) is 3.82. The van der Waals surface area contributed by atoms with Crippen LogP contribution in [0, 0.1) is 0 Å². The van der Waals surface area contributed by atoms with Gasteiger partial charge in [0, 0.05) is 43.9 Å². The van der Waals surface area contributed by atoms with E-state index in [0.717, 1.165) is 54.1 Å². The summed E-state index contributed by atoms with van der Waals surface area (Å²) in [5.74, 6) is 0. The zero-order valence-electron chi connectivity index (χ0n) is 20.4. The standard InChI is InChI=1S/C31H32N2O2/c1-32(2)30-17-12-24(28-10-6-7-11-29(28)30)18-19-31(34,25-8-4-3-5-9-25)26-13-15-27(16-14-26)33-20-22-35-23-21-33/h3-19,34H,20-23H2,1-2H3. The van der Waals surface area contributed by atoms with Crippen LogP contribution in [-0.4, -0.2) is 45.5 Å². The van der Waals surface area contributed by atoms with Crippen LogP contribution in [0.3, 0.4) is 0 Å². The Balaban J connectivity index is 1.55. The van der Waals surface area contributed by atoms with Crippen molar-refractivity contribution in [2.45, 2.75) is 5.60 Å². The fourth-order valence-corrected chi connectivity index (χ4v) is 4.85. The second kappa shape index (κ2) is 9.95. The van der Waals surface area contributed by atoms with E-state index in [4.69, 9.17) is 4.74 Å². The van der Waals surface area contributed by atoms with Gasteiger partial charge in [-0.05, 0) is 46.4 Å². The Morgan fingerprint density at radius 3 is 2.09 bits per heavy atom. The molecular formula is C31H32N2O2. The van der Waals surface area contributed by atoms with Crippen LogP contribution in [-0.2, 0) is 10.3 Å². The van der Waals surface area contributed by atoms with E-state index in [9.17, 15) is 5.11 Å². The average Bonchev–Trinajstić information content (AvgIpc) is 2.92. The highest BCUT2D eigenvalue weighted by Gasteiger charge is 2.29. The lowest BCUT2D eigenvalue weighted by Gasteiger charge is -2.30. The van der Waals surface area contributed by atoms with E-state index in [1.165, 1.54) is 11.1 Å². The van der Waals surface area contributed by atoms with E-state index >= 15 is 0 Å². The summed E-state index contributed by atoms with van der Waals surface area (Å²) in [6.07, 6.45) is 3.97. The van der Waals surface area contributed by atoms with Gasteiger partial charge in [0.1, 0.15) is 5.60 Å². The molecule has 178 valence electrons. The predicted octanol–water partition coefficient (Wildman–Crippen LogP) is 5.69. The highest BCUT2D eigenvalue weighted by atomic mass is 16.5. The molecule has 1 aliphatic heterocycles. The van der Waals surface area contributed by atoms with E-state index in [1.807, 2.05) is 54.6 Å². The van der Waals surface area contributed by atoms with Crippen LogP contribution in [0.4, 0.5) is 11.4 Å². The molecule has 4 aromatic carbocycles. The number of hydrogen-bond donors (Lipinski definition) is 1. The highest BCUT2D eigenvalue weighted by Crippen LogP contribution is 2.35. The molecule has 0 aliphatic carbocycles. The number of hydrogen-bond acceptors (Lipinski definition) is 4. The van der Waals surface area contributed by atoms with Crippen molar-refractivity contribution in [2.24, 2.45) is 0 Å². The molecule has 4 aromatic rings. The maximum absolute atomic E-state index is 12.1. The zero-order chi connectivity index (χ0) is 24.3. The fraction of sp³-hybridized carbons (Fsp3) is 0.226. The van der Waals surface area contributed by atoms with Gasteiger partial charge in [0.05, 0.1) is 13.2 Å². The molecule has 1 atom stereocenters. The molecule has 1 unspecified atom stereocenters. The quantitative estimate of drug-likeness (QED) is 0.398. The van der Waals surface area contributed by atoms with Gasteiger partial charge in [0.15, 0.2) is 0 Å². The molecule has 4 heteroatoms. The number of fused-ring (bicyclic) bond motifs is 1. The lowest BCUT2D eigenvalue weighted by atomic mass is 9.85. The van der Waals surface area contributed by atoms with Crippen LogP contribution < -0.4 is 9.80 Å². The Labute approximate surface area is 207 Å². The van der Waals surface area contributed by atoms with Crippen LogP contribution in [0.5, 0.6) is 0 Å². The smallest absolute Gasteiger partial charge is 0.134 e. The Morgan fingerprint density at radius 1 is 0.771 bits per heavy atom. The summed E-state index contributed by atoms with van der Waals surface area (Å²) in [6.45, 7) is 3.27. The van der Waals surface area contributed by atoms with Crippen LogP contribution in [0.2, 0.25) is 0 Å². The SMILES string of the molecule is CN(C)c1ccc(C=CC(O)(c2ccccc2)c2ccc(N3CCOCC3)cc2)c2ccccc12. The third-order valence-corrected chi connectivity index (χ3v) is 6.82. The third kappa shape index (κ3) is 4.68. The molecule has 1 aliphatic rings. The van der Waals surface area contributed by atoms with Crippen molar-refractivity contribution in [1.82, 2.24) is 0 Å². The summed E-state index contributed by atoms with van der Waals surface area (Å²) in [7, 11) is 4.12. The molecule has 0 saturated carbocycles. The Bertz CT molecular complexity index is 1310. The average molecular weight is 465 g/mol. The summed E-state index contributed by atoms with van der Waals surface area (Å²) in [6, 6.07) is 30.8. The van der Waals surface area contributed by atoms with Crippen molar-refractivity contribution in [1.29, 1.82) is 0 Å². The third-order valence-electron chi connectivity index (χ3n) is 6.82. The lowest BCUT2D eigenvalue weighted by Crippen LogP contribution is -2.36. The van der Waals surface area contributed by atoms with Crippen molar-refractivity contribution in [3.8, 4) is 0 Å². The number of benzene rings is 4. The van der Waals surface area contributed by atoms with Gasteiger partial charge in [-0.25, -0.2) is 0 Å². The maximum atomic E-state index is 12.1. The Hall–Kier alpha value is -3.60. The minimum absolute atomic E-state index is 0.749. The van der Waals surface area contributed by atoms with Gasteiger partial charge >= 0.3 is 0 Å². The van der Waals surface area contributed by atoms with Crippen LogP contribution in [0.1, 0.15) is 16.7 Å². The van der Waals surface area contributed by atoms with Gasteiger partial charge in [0.2, 0.25) is 0 Å². The van der Waals surface area contributed by atoms with Crippen LogP contribution in [0.25, 0.3) is 16.8 Å². The molecule has 1 fully saturated rings. The first-order valence-electron chi connectivity index (χ1n) is 12.2. The second-order valence-electron chi connectivity index (χ2n) is 9.23. The molecule has 0 aromatic heterocycles. The van der Waals surface area contributed by atoms with Crippen molar-refractivity contribution in [3.63, 3.8) is 0 Å². The minimum Gasteiger partial charge on any atom is -0.378 e. The van der Waals surface area contributed by atoms with Gasteiger partial charge in [-0.3, -0.25) is 0 Å². The molecule has 4 nitrogen and oxygen atoms in total. The molecule has 5 rings (SSSR count). The second-order valence-corrected chi connectivity index (χ2v) is 9.23. The largest absolute Gasteiger partial charge is 0.378 e. The molecule has 0 amide bonds. The number of ether oxygens (including phenoxy) is 1. The summed E-state index contributed by atoms with van der Waals surface area (Å²) >= 11 is 0. The molecule has 0 bridgehead atoms. The lowest BCUT2D eigenvalue weighted by molar-refractivity contribution is 0.122. The number of nitrogens with zero attached hydrogens (tertiary/aromatic N) is 2. The number of anilines is 2. The predicted molar refractivity (Wildman–Crippen MR) is 146 cm³/mol. The first-order valence-corrected chi connectivity index (χ1v) is 12.2. The number of rotatable bonds is 6. The Morgan fingerprint density at radius 2 is 1.40 bits per heavy atom. The van der Waals surface area contributed by atoms with E-state index in [-0.39, 0.29) is 0 Å². The van der Waals surface area contributed by atoms with Gasteiger partial charge in [-0.2, -0.15) is 0 Å². The molecule has 35 heavy (non-hydrogen) atoms. The first-order chi connectivity index (χ1) is 17.1. The normalized spacial score (nSPS) is 15.9. The molecule has 1 saturated heterocycles. The molecule has 1 N–H and O–H groups in total. The number of aliphatic hydroxyl groups is 1. The molecule has 0 spiro atoms. The molecule has 1 heterocycles. The van der Waals surface area contributed by atoms with Gasteiger partial charge in [-0.15, -0.1) is 0 Å². The van der Waals surface area contributed by atoms with Crippen LogP contribution in [0.15, 0.2) is 97.1 Å². The zero-order valence-corrected chi connectivity index (χ0v) is 20.4. The highest BCUT2D eigenvalue weighted by molar-refractivity contribution is 5.99. The minimum atomic E-state index is -1.26. The van der Waals surface area contributed by atoms with E-state index < -0.39 is 5.60 Å². The first kappa shape index (κ1) is 23.2. The van der Waals surface area contributed by atoms with Crippen LogP contribution >= 0.6 is 0 Å². The van der Waals surface area contributed by atoms with Crippen molar-refractivity contribution < 1.29 is 9.84 Å². The topological polar surface area (TPSA) is 35.9 Å². The van der Waals surface area contributed by atoms with E-state index in [2.05, 4.69) is 72.4 Å². The molecular weight excluding hydrogens is 432 g/mol. The van der Waals surface area contributed by atoms with E-state index in [1.54, 1.807) is 0 Å². The maximum Gasteiger partial charge on any atom is 0.134 e. The summed E-state index contributed by atoms with van der Waals surface area (Å²) < 4.78 is 5.49. The van der Waals surface area contributed by atoms with Gasteiger partial charge in [-0.1, -0.05) is 78.9 Å². The summed E-state index contributed by atoms with van der Waals surface area (Å²) in [4.78, 5) is 4.45. The number of morpholine rings is 1. The van der Waals surface area contributed by atoms with Crippen molar-refractivity contribution in [2.75, 3.05) is 50.2 Å². The van der Waals surface area contributed by atoms with Gasteiger partial charge in [0.25, 0.3) is 0 Å².